The average molecular weight is 270 g/mol. The summed E-state index contributed by atoms with van der Waals surface area (Å²) in [6, 6.07) is 6.07. The van der Waals surface area contributed by atoms with Gasteiger partial charge in [-0.25, -0.2) is 4.98 Å². The summed E-state index contributed by atoms with van der Waals surface area (Å²) in [5.74, 6) is 0. The summed E-state index contributed by atoms with van der Waals surface area (Å²) >= 11 is 0. The molecule has 3 aromatic rings. The minimum atomic E-state index is 0.828. The van der Waals surface area contributed by atoms with Crippen LogP contribution >= 0.6 is 0 Å². The summed E-state index contributed by atoms with van der Waals surface area (Å²) in [5, 5.41) is 11.2. The fourth-order valence-electron chi connectivity index (χ4n) is 2.30. The van der Waals surface area contributed by atoms with Crippen LogP contribution in [0.15, 0.2) is 36.8 Å². The van der Waals surface area contributed by atoms with Crippen LogP contribution < -0.4 is 5.32 Å². The van der Waals surface area contributed by atoms with Gasteiger partial charge in [-0.15, -0.1) is 5.10 Å². The molecule has 0 spiro atoms. The van der Waals surface area contributed by atoms with Crippen molar-refractivity contribution in [2.75, 3.05) is 6.54 Å². The van der Waals surface area contributed by atoms with E-state index in [1.54, 1.807) is 6.20 Å². The van der Waals surface area contributed by atoms with Crippen molar-refractivity contribution in [3.63, 3.8) is 0 Å². The minimum Gasteiger partial charge on any atom is -0.311 e. The van der Waals surface area contributed by atoms with E-state index in [0.29, 0.717) is 0 Å². The third-order valence-corrected chi connectivity index (χ3v) is 3.33. The quantitative estimate of drug-likeness (QED) is 0.688. The maximum absolute atomic E-state index is 4.55. The molecule has 0 radical (unpaired) electrons. The lowest BCUT2D eigenvalue weighted by Crippen LogP contribution is -2.18. The van der Waals surface area contributed by atoms with E-state index >= 15 is 0 Å². The molecule has 0 aliphatic heterocycles. The predicted molar refractivity (Wildman–Crippen MR) is 76.3 cm³/mol. The van der Waals surface area contributed by atoms with Gasteiger partial charge in [-0.2, -0.15) is 0 Å². The van der Waals surface area contributed by atoms with Gasteiger partial charge in [0.25, 0.3) is 0 Å². The highest BCUT2D eigenvalue weighted by Crippen LogP contribution is 2.11. The molecular formula is C14H18N6. The number of nitrogens with zero attached hydrogens (tertiary/aromatic N) is 5. The van der Waals surface area contributed by atoms with E-state index in [-0.39, 0.29) is 0 Å². The fraction of sp³-hybridized carbons (Fsp3) is 0.357. The summed E-state index contributed by atoms with van der Waals surface area (Å²) in [4.78, 5) is 4.55. The van der Waals surface area contributed by atoms with Crippen molar-refractivity contribution in [1.29, 1.82) is 0 Å². The number of aryl methyl sites for hydroxylation is 2. The van der Waals surface area contributed by atoms with E-state index in [4.69, 9.17) is 0 Å². The molecule has 0 atom stereocenters. The van der Waals surface area contributed by atoms with Crippen LogP contribution in [0.1, 0.15) is 17.8 Å². The van der Waals surface area contributed by atoms with E-state index < -0.39 is 0 Å². The largest absolute Gasteiger partial charge is 0.311 e. The van der Waals surface area contributed by atoms with Gasteiger partial charge in [0.15, 0.2) is 0 Å². The molecule has 0 unspecified atom stereocenters. The molecule has 3 rings (SSSR count). The zero-order valence-corrected chi connectivity index (χ0v) is 11.5. The van der Waals surface area contributed by atoms with Crippen molar-refractivity contribution < 1.29 is 0 Å². The molecule has 0 amide bonds. The van der Waals surface area contributed by atoms with Crippen LogP contribution in [0.4, 0.5) is 0 Å². The highest BCUT2D eigenvalue weighted by Gasteiger charge is 2.06. The van der Waals surface area contributed by atoms with Gasteiger partial charge in [-0.3, -0.25) is 4.68 Å². The van der Waals surface area contributed by atoms with Crippen LogP contribution in [0.25, 0.3) is 5.65 Å². The standard InChI is InChI=1S/C14H18N6/c1-12-13(20-9-3-2-5-14(20)17-12)11-15-6-4-8-19-10-7-16-18-19/h2-3,5,7,9-10,15H,4,6,8,11H2,1H3. The topological polar surface area (TPSA) is 60.0 Å². The van der Waals surface area contributed by atoms with Crippen LogP contribution in [0, 0.1) is 6.92 Å². The first-order chi connectivity index (χ1) is 9.84. The molecule has 104 valence electrons. The van der Waals surface area contributed by atoms with Crippen LogP contribution in [0.5, 0.6) is 0 Å². The molecule has 1 N–H and O–H groups in total. The van der Waals surface area contributed by atoms with Crippen LogP contribution in [-0.2, 0) is 13.1 Å². The summed E-state index contributed by atoms with van der Waals surface area (Å²) in [6.07, 6.45) is 6.67. The summed E-state index contributed by atoms with van der Waals surface area (Å²) in [6.45, 7) is 4.71. The normalized spacial score (nSPS) is 11.2. The molecule has 0 aliphatic rings. The molecule has 0 aliphatic carbocycles. The third-order valence-electron chi connectivity index (χ3n) is 3.33. The second kappa shape index (κ2) is 5.83. The zero-order valence-electron chi connectivity index (χ0n) is 11.5. The Morgan fingerprint density at radius 2 is 2.20 bits per heavy atom. The lowest BCUT2D eigenvalue weighted by atomic mass is 10.3. The molecule has 0 aromatic carbocycles. The number of nitrogens with one attached hydrogen (secondary N) is 1. The number of pyridine rings is 1. The Hall–Kier alpha value is -2.21. The van der Waals surface area contributed by atoms with Gasteiger partial charge in [-0.1, -0.05) is 11.3 Å². The van der Waals surface area contributed by atoms with Crippen molar-refractivity contribution in [3.05, 3.63) is 48.2 Å². The second-order valence-corrected chi connectivity index (χ2v) is 4.77. The second-order valence-electron chi connectivity index (χ2n) is 4.77. The monoisotopic (exact) mass is 270 g/mol. The molecule has 0 saturated carbocycles. The molecular weight excluding hydrogens is 252 g/mol. The van der Waals surface area contributed by atoms with Crippen molar-refractivity contribution >= 4 is 5.65 Å². The van der Waals surface area contributed by atoms with E-state index in [1.807, 2.05) is 29.1 Å². The first-order valence-electron chi connectivity index (χ1n) is 6.82. The Labute approximate surface area is 117 Å². The first kappa shape index (κ1) is 12.8. The molecule has 0 saturated heterocycles. The maximum atomic E-state index is 4.55. The smallest absolute Gasteiger partial charge is 0.137 e. The Kier molecular flexibility index (Phi) is 3.73. The summed E-state index contributed by atoms with van der Waals surface area (Å²) in [7, 11) is 0. The van der Waals surface area contributed by atoms with Gasteiger partial charge in [-0.05, 0) is 32.0 Å². The molecule has 3 aromatic heterocycles. The van der Waals surface area contributed by atoms with Crippen molar-refractivity contribution in [3.8, 4) is 0 Å². The van der Waals surface area contributed by atoms with Crippen molar-refractivity contribution in [2.45, 2.75) is 26.4 Å². The highest BCUT2D eigenvalue weighted by molar-refractivity contribution is 5.42. The van der Waals surface area contributed by atoms with Gasteiger partial charge in [0.1, 0.15) is 5.65 Å². The van der Waals surface area contributed by atoms with Crippen molar-refractivity contribution in [1.82, 2.24) is 29.7 Å². The zero-order chi connectivity index (χ0) is 13.8. The highest BCUT2D eigenvalue weighted by atomic mass is 15.4. The Morgan fingerprint density at radius 3 is 3.05 bits per heavy atom. The third kappa shape index (κ3) is 2.70. The van der Waals surface area contributed by atoms with Gasteiger partial charge in [0, 0.05) is 25.5 Å². The molecule has 20 heavy (non-hydrogen) atoms. The molecule has 0 fully saturated rings. The van der Waals surface area contributed by atoms with Crippen molar-refractivity contribution in [2.24, 2.45) is 0 Å². The van der Waals surface area contributed by atoms with E-state index in [1.165, 1.54) is 5.69 Å². The number of hydrogen-bond acceptors (Lipinski definition) is 4. The van der Waals surface area contributed by atoms with Crippen LogP contribution in [0.3, 0.4) is 0 Å². The number of hydrogen-bond donors (Lipinski definition) is 1. The predicted octanol–water partition coefficient (Wildman–Crippen LogP) is 1.41. The fourth-order valence-corrected chi connectivity index (χ4v) is 2.30. The number of fused-ring (bicyclic) bond motifs is 1. The Morgan fingerprint density at radius 1 is 1.25 bits per heavy atom. The van der Waals surface area contributed by atoms with Gasteiger partial charge in [0.2, 0.25) is 0 Å². The maximum Gasteiger partial charge on any atom is 0.137 e. The molecule has 6 heteroatoms. The van der Waals surface area contributed by atoms with E-state index in [2.05, 4.69) is 38.1 Å². The number of aromatic nitrogens is 5. The molecule has 6 nitrogen and oxygen atoms in total. The van der Waals surface area contributed by atoms with Gasteiger partial charge in [0.05, 0.1) is 17.6 Å². The Balaban J connectivity index is 1.53. The Bertz CT molecular complexity index is 670. The lowest BCUT2D eigenvalue weighted by Gasteiger charge is -2.06. The first-order valence-corrected chi connectivity index (χ1v) is 6.82. The molecule has 3 heterocycles. The van der Waals surface area contributed by atoms with Crippen LogP contribution in [-0.4, -0.2) is 30.9 Å². The summed E-state index contributed by atoms with van der Waals surface area (Å²) < 4.78 is 3.99. The van der Waals surface area contributed by atoms with Gasteiger partial charge < -0.3 is 9.72 Å². The number of rotatable bonds is 6. The van der Waals surface area contributed by atoms with Crippen LogP contribution in [0.2, 0.25) is 0 Å². The van der Waals surface area contributed by atoms with E-state index in [0.717, 1.165) is 37.4 Å². The molecule has 0 bridgehead atoms. The number of imidazole rings is 1. The average Bonchev–Trinajstić information content (AvgIpc) is 3.06. The summed E-state index contributed by atoms with van der Waals surface area (Å²) in [5.41, 5.74) is 3.31. The van der Waals surface area contributed by atoms with Gasteiger partial charge >= 0.3 is 0 Å². The minimum absolute atomic E-state index is 0.828. The van der Waals surface area contributed by atoms with E-state index in [9.17, 15) is 0 Å². The lowest BCUT2D eigenvalue weighted by molar-refractivity contribution is 0.527. The SMILES string of the molecule is Cc1nc2ccccn2c1CNCCCn1ccnn1.